The predicted octanol–water partition coefficient (Wildman–Crippen LogP) is 6.07. The molecule has 3 aromatic rings. The van der Waals surface area contributed by atoms with E-state index < -0.39 is 28.6 Å². The molecule has 0 bridgehead atoms. The Morgan fingerprint density at radius 1 is 1.05 bits per heavy atom. The van der Waals surface area contributed by atoms with Gasteiger partial charge in [0, 0.05) is 39.0 Å². The second kappa shape index (κ2) is 10.1. The lowest BCUT2D eigenvalue weighted by Gasteiger charge is -2.47. The van der Waals surface area contributed by atoms with Gasteiger partial charge in [-0.2, -0.15) is 0 Å². The molecular weight excluding hydrogens is 542 g/mol. The van der Waals surface area contributed by atoms with Crippen molar-refractivity contribution in [1.29, 1.82) is 0 Å². The molecule has 1 fully saturated rings. The summed E-state index contributed by atoms with van der Waals surface area (Å²) in [6, 6.07) is 13.7. The molecule has 2 amide bonds. The summed E-state index contributed by atoms with van der Waals surface area (Å²) < 4.78 is 20.8. The minimum Gasteiger partial charge on any atom is -0.493 e. The number of nitrogens with one attached hydrogen (secondary N) is 2. The molecule has 0 aliphatic carbocycles. The number of hydrogen-bond donors (Lipinski definition) is 3. The number of aryl methyl sites for hydroxylation is 1. The monoisotopic (exact) mass is 570 g/mol. The topological polar surface area (TPSA) is 87.7 Å². The molecule has 0 aromatic heterocycles. The van der Waals surface area contributed by atoms with E-state index in [1.807, 2.05) is 20.8 Å². The van der Waals surface area contributed by atoms with Gasteiger partial charge in [-0.15, -0.1) is 0 Å². The van der Waals surface area contributed by atoms with Crippen LogP contribution in [0.25, 0.3) is 0 Å². The van der Waals surface area contributed by atoms with Crippen molar-refractivity contribution in [3.63, 3.8) is 0 Å². The second-order valence-electron chi connectivity index (χ2n) is 11.1. The minimum absolute atomic E-state index is 0.0412. The third kappa shape index (κ3) is 4.77. The fraction of sp³-hybridized carbons (Fsp3) is 0.333. The number of carbonyl (C=O) groups is 2. The Labute approximate surface area is 236 Å². The lowest BCUT2D eigenvalue weighted by Crippen LogP contribution is -2.57. The highest BCUT2D eigenvalue weighted by Crippen LogP contribution is 2.59. The third-order valence-electron chi connectivity index (χ3n) is 7.70. The summed E-state index contributed by atoms with van der Waals surface area (Å²) in [5, 5.41) is 16.6. The maximum absolute atomic E-state index is 14.6. The van der Waals surface area contributed by atoms with Crippen LogP contribution in [0.5, 0.6) is 5.75 Å². The first-order valence-electron chi connectivity index (χ1n) is 12.7. The van der Waals surface area contributed by atoms with Crippen LogP contribution in [0.2, 0.25) is 10.0 Å². The SMILES string of the molecule is Cc1ccc(F)cc1[C@@H]1NC(=O)C[C@H](c2cc(Cl)ccc2OCC(C)(C)CO)[C@@]12C(=O)Nc1cc(Cl)ccc12. The number of halogens is 3. The van der Waals surface area contributed by atoms with Crippen molar-refractivity contribution >= 4 is 40.7 Å². The standard InChI is InChI=1S/C30H29Cl2FN2O4/c1-16-4-7-19(33)12-20(16)27-30(22-8-5-18(32)11-24(22)34-28(30)38)23(13-26(37)35-27)21-10-17(31)6-9-25(21)39-15-29(2,3)14-36/h4-12,23,27,36H,13-15H2,1-3H3,(H,34,38)(H,35,37)/t23-,27+,30-/m1/s1. The number of piperidine rings is 1. The van der Waals surface area contributed by atoms with Crippen LogP contribution in [0.15, 0.2) is 54.6 Å². The van der Waals surface area contributed by atoms with E-state index in [1.165, 1.54) is 12.1 Å². The highest BCUT2D eigenvalue weighted by molar-refractivity contribution is 6.31. The van der Waals surface area contributed by atoms with Crippen LogP contribution in [0.4, 0.5) is 10.1 Å². The summed E-state index contributed by atoms with van der Waals surface area (Å²) in [6.45, 7) is 5.65. The molecular formula is C30H29Cl2FN2O4. The lowest BCUT2D eigenvalue weighted by atomic mass is 9.59. The second-order valence-corrected chi connectivity index (χ2v) is 11.9. The van der Waals surface area contributed by atoms with Crippen LogP contribution in [-0.2, 0) is 15.0 Å². The summed E-state index contributed by atoms with van der Waals surface area (Å²) in [5.74, 6) is -1.40. The summed E-state index contributed by atoms with van der Waals surface area (Å²) in [4.78, 5) is 27.6. The van der Waals surface area contributed by atoms with Crippen molar-refractivity contribution in [3.05, 3.63) is 92.7 Å². The number of carbonyl (C=O) groups excluding carboxylic acids is 2. The molecule has 0 saturated carbocycles. The van der Waals surface area contributed by atoms with E-state index in [2.05, 4.69) is 10.6 Å². The summed E-state index contributed by atoms with van der Waals surface area (Å²) in [7, 11) is 0. The maximum atomic E-state index is 14.6. The van der Waals surface area contributed by atoms with Gasteiger partial charge in [0.1, 0.15) is 17.0 Å². The van der Waals surface area contributed by atoms with Crippen LogP contribution in [0.3, 0.4) is 0 Å². The number of aliphatic hydroxyl groups excluding tert-OH is 1. The van der Waals surface area contributed by atoms with Crippen LogP contribution in [0, 0.1) is 18.2 Å². The van der Waals surface area contributed by atoms with Gasteiger partial charge < -0.3 is 20.5 Å². The minimum atomic E-state index is -1.37. The Balaban J connectivity index is 1.78. The van der Waals surface area contributed by atoms with E-state index >= 15 is 0 Å². The number of fused-ring (bicyclic) bond motifs is 2. The molecule has 6 nitrogen and oxygen atoms in total. The number of amides is 2. The first-order chi connectivity index (χ1) is 18.5. The third-order valence-corrected chi connectivity index (χ3v) is 8.17. The number of hydrogen-bond acceptors (Lipinski definition) is 4. The van der Waals surface area contributed by atoms with Gasteiger partial charge in [0.15, 0.2) is 0 Å². The van der Waals surface area contributed by atoms with Crippen LogP contribution in [-0.4, -0.2) is 30.1 Å². The van der Waals surface area contributed by atoms with Gasteiger partial charge in [0.25, 0.3) is 0 Å². The summed E-state index contributed by atoms with van der Waals surface area (Å²) in [6.07, 6.45) is -0.0412. The van der Waals surface area contributed by atoms with Gasteiger partial charge in [-0.1, -0.05) is 49.2 Å². The zero-order valence-electron chi connectivity index (χ0n) is 21.8. The zero-order valence-corrected chi connectivity index (χ0v) is 23.3. The average molecular weight is 571 g/mol. The molecule has 1 saturated heterocycles. The Kier molecular flexibility index (Phi) is 7.12. The number of anilines is 1. The molecule has 3 aromatic carbocycles. The first-order valence-corrected chi connectivity index (χ1v) is 13.4. The number of aliphatic hydroxyl groups is 1. The molecule has 3 N–H and O–H groups in total. The smallest absolute Gasteiger partial charge is 0.238 e. The van der Waals surface area contributed by atoms with E-state index in [0.717, 1.165) is 5.56 Å². The molecule has 0 radical (unpaired) electrons. The van der Waals surface area contributed by atoms with Crippen molar-refractivity contribution < 1.29 is 23.8 Å². The van der Waals surface area contributed by atoms with E-state index in [-0.39, 0.29) is 31.4 Å². The number of rotatable bonds is 6. The quantitative estimate of drug-likeness (QED) is 0.335. The normalized spacial score (nSPS) is 22.4. The van der Waals surface area contributed by atoms with Crippen molar-refractivity contribution in [2.45, 2.75) is 44.6 Å². The molecule has 39 heavy (non-hydrogen) atoms. The summed E-state index contributed by atoms with van der Waals surface area (Å²) >= 11 is 12.8. The Morgan fingerprint density at radius 3 is 2.51 bits per heavy atom. The molecule has 0 unspecified atom stereocenters. The Hall–Kier alpha value is -3.13. The Bertz CT molecular complexity index is 1480. The summed E-state index contributed by atoms with van der Waals surface area (Å²) in [5.41, 5.74) is 1.05. The molecule has 2 aliphatic heterocycles. The van der Waals surface area contributed by atoms with Crippen molar-refractivity contribution in [2.75, 3.05) is 18.5 Å². The van der Waals surface area contributed by atoms with Crippen molar-refractivity contribution in [1.82, 2.24) is 5.32 Å². The molecule has 3 atom stereocenters. The van der Waals surface area contributed by atoms with E-state index in [0.29, 0.717) is 38.2 Å². The predicted molar refractivity (Wildman–Crippen MR) is 149 cm³/mol. The largest absolute Gasteiger partial charge is 0.493 e. The van der Waals surface area contributed by atoms with Gasteiger partial charge >= 0.3 is 0 Å². The van der Waals surface area contributed by atoms with Crippen molar-refractivity contribution in [3.8, 4) is 5.75 Å². The lowest BCUT2D eigenvalue weighted by molar-refractivity contribution is -0.131. The molecule has 5 rings (SSSR count). The molecule has 9 heteroatoms. The maximum Gasteiger partial charge on any atom is 0.238 e. The van der Waals surface area contributed by atoms with Crippen molar-refractivity contribution in [2.24, 2.45) is 5.41 Å². The average Bonchev–Trinajstić information content (AvgIpc) is 3.17. The highest BCUT2D eigenvalue weighted by atomic mass is 35.5. The first kappa shape index (κ1) is 27.4. The van der Waals surface area contributed by atoms with Crippen LogP contribution >= 0.6 is 23.2 Å². The number of ether oxygens (including phenoxy) is 1. The van der Waals surface area contributed by atoms with Crippen LogP contribution < -0.4 is 15.4 Å². The fourth-order valence-electron chi connectivity index (χ4n) is 5.68. The molecule has 1 spiro atoms. The van der Waals surface area contributed by atoms with E-state index in [4.69, 9.17) is 27.9 Å². The van der Waals surface area contributed by atoms with Gasteiger partial charge in [-0.25, -0.2) is 4.39 Å². The van der Waals surface area contributed by atoms with Gasteiger partial charge in [-0.05, 0) is 66.1 Å². The Morgan fingerprint density at radius 2 is 1.77 bits per heavy atom. The van der Waals surface area contributed by atoms with Gasteiger partial charge in [0.2, 0.25) is 11.8 Å². The van der Waals surface area contributed by atoms with Crippen LogP contribution in [0.1, 0.15) is 54.5 Å². The van der Waals surface area contributed by atoms with Gasteiger partial charge in [0.05, 0.1) is 19.3 Å². The fourth-order valence-corrected chi connectivity index (χ4v) is 6.04. The molecule has 204 valence electrons. The highest BCUT2D eigenvalue weighted by Gasteiger charge is 2.62. The molecule has 2 heterocycles. The zero-order chi connectivity index (χ0) is 28.1. The van der Waals surface area contributed by atoms with Gasteiger partial charge in [-0.3, -0.25) is 9.59 Å². The van der Waals surface area contributed by atoms with E-state index in [1.54, 1.807) is 42.5 Å². The molecule has 2 aliphatic rings. The van der Waals surface area contributed by atoms with E-state index in [9.17, 15) is 19.1 Å². The number of benzene rings is 3.